The van der Waals surface area contributed by atoms with Crippen LogP contribution in [0.25, 0.3) is 0 Å². The van der Waals surface area contributed by atoms with Crippen LogP contribution in [0, 0.1) is 0 Å². The maximum absolute atomic E-state index is 4.83. The SMILES string of the molecule is CCCN1CCC(NC(=NCCCCN2CCCCC2C)NCC)CC1.I. The second-order valence-electron chi connectivity index (χ2n) is 8.11. The topological polar surface area (TPSA) is 42.9 Å². The summed E-state index contributed by atoms with van der Waals surface area (Å²) in [5.41, 5.74) is 0. The van der Waals surface area contributed by atoms with Gasteiger partial charge in [0.2, 0.25) is 0 Å². The number of aliphatic imine (C=N–C) groups is 1. The van der Waals surface area contributed by atoms with Crippen molar-refractivity contribution in [3.05, 3.63) is 0 Å². The van der Waals surface area contributed by atoms with Crippen molar-refractivity contribution in [1.29, 1.82) is 0 Å². The molecule has 2 aliphatic rings. The highest BCUT2D eigenvalue weighted by molar-refractivity contribution is 14.0. The summed E-state index contributed by atoms with van der Waals surface area (Å²) in [6, 6.07) is 1.36. The molecule has 0 saturated carbocycles. The van der Waals surface area contributed by atoms with Gasteiger partial charge in [0.05, 0.1) is 0 Å². The second-order valence-corrected chi connectivity index (χ2v) is 8.11. The predicted molar refractivity (Wildman–Crippen MR) is 128 cm³/mol. The van der Waals surface area contributed by atoms with Crippen molar-refractivity contribution >= 4 is 29.9 Å². The van der Waals surface area contributed by atoms with Gasteiger partial charge in [0.15, 0.2) is 5.96 Å². The van der Waals surface area contributed by atoms with Crippen molar-refractivity contribution in [3.8, 4) is 0 Å². The highest BCUT2D eigenvalue weighted by Gasteiger charge is 2.19. The van der Waals surface area contributed by atoms with Crippen molar-refractivity contribution in [2.75, 3.05) is 45.8 Å². The lowest BCUT2D eigenvalue weighted by Gasteiger charge is -2.33. The van der Waals surface area contributed by atoms with E-state index in [1.165, 1.54) is 84.1 Å². The normalized spacial score (nSPS) is 23.1. The largest absolute Gasteiger partial charge is 0.357 e. The molecule has 0 aromatic heterocycles. The smallest absolute Gasteiger partial charge is 0.191 e. The third kappa shape index (κ3) is 9.79. The number of hydrogen-bond acceptors (Lipinski definition) is 3. The number of piperidine rings is 2. The van der Waals surface area contributed by atoms with E-state index in [0.29, 0.717) is 6.04 Å². The zero-order valence-corrected chi connectivity index (χ0v) is 20.3. The van der Waals surface area contributed by atoms with Crippen LogP contribution in [0.3, 0.4) is 0 Å². The molecular formula is C21H44IN5. The van der Waals surface area contributed by atoms with E-state index in [1.54, 1.807) is 0 Å². The molecule has 5 nitrogen and oxygen atoms in total. The molecule has 2 saturated heterocycles. The van der Waals surface area contributed by atoms with Gasteiger partial charge in [-0.15, -0.1) is 24.0 Å². The van der Waals surface area contributed by atoms with E-state index in [2.05, 4.69) is 41.2 Å². The molecule has 2 aliphatic heterocycles. The number of likely N-dealkylation sites (tertiary alicyclic amines) is 2. The van der Waals surface area contributed by atoms with Gasteiger partial charge in [0.25, 0.3) is 0 Å². The summed E-state index contributed by atoms with van der Waals surface area (Å²) in [5.74, 6) is 1.02. The van der Waals surface area contributed by atoms with Crippen LogP contribution in [-0.4, -0.2) is 73.7 Å². The molecule has 0 radical (unpaired) electrons. The Labute approximate surface area is 185 Å². The number of hydrogen-bond donors (Lipinski definition) is 2. The van der Waals surface area contributed by atoms with E-state index in [1.807, 2.05) is 0 Å². The Balaban J connectivity index is 0.00000364. The zero-order valence-electron chi connectivity index (χ0n) is 18.0. The fourth-order valence-corrected chi connectivity index (χ4v) is 4.24. The zero-order chi connectivity index (χ0) is 18.6. The minimum absolute atomic E-state index is 0. The Morgan fingerprint density at radius 2 is 1.78 bits per heavy atom. The molecule has 1 unspecified atom stereocenters. The Hall–Kier alpha value is -0.0800. The molecule has 0 spiro atoms. The van der Waals surface area contributed by atoms with E-state index in [0.717, 1.165) is 25.1 Å². The molecule has 27 heavy (non-hydrogen) atoms. The van der Waals surface area contributed by atoms with Crippen LogP contribution >= 0.6 is 24.0 Å². The lowest BCUT2D eigenvalue weighted by Crippen LogP contribution is -2.48. The summed E-state index contributed by atoms with van der Waals surface area (Å²) in [6.45, 7) is 14.9. The Morgan fingerprint density at radius 3 is 2.44 bits per heavy atom. The van der Waals surface area contributed by atoms with Gasteiger partial charge >= 0.3 is 0 Å². The standard InChI is InChI=1S/C21H43N5.HI/c1-4-14-25-17-11-20(12-18-25)24-21(22-5-2)23-13-7-9-16-26-15-8-6-10-19(26)3;/h19-20H,4-18H2,1-3H3,(H2,22,23,24);1H. The Kier molecular flexibility index (Phi) is 13.7. The third-order valence-corrected chi connectivity index (χ3v) is 5.88. The average Bonchev–Trinajstić information content (AvgIpc) is 2.65. The van der Waals surface area contributed by atoms with Gasteiger partial charge in [-0.05, 0) is 78.4 Å². The second kappa shape index (κ2) is 14.9. The van der Waals surface area contributed by atoms with Crippen LogP contribution in [0.2, 0.25) is 0 Å². The summed E-state index contributed by atoms with van der Waals surface area (Å²) < 4.78 is 0. The molecule has 160 valence electrons. The lowest BCUT2D eigenvalue weighted by molar-refractivity contribution is 0.158. The number of halogens is 1. The first kappa shape index (κ1) is 25.0. The average molecular weight is 494 g/mol. The van der Waals surface area contributed by atoms with Gasteiger partial charge in [-0.2, -0.15) is 0 Å². The summed E-state index contributed by atoms with van der Waals surface area (Å²) in [6.07, 6.45) is 10.4. The van der Waals surface area contributed by atoms with E-state index >= 15 is 0 Å². The lowest BCUT2D eigenvalue weighted by atomic mass is 10.0. The first-order valence-corrected chi connectivity index (χ1v) is 11.2. The van der Waals surface area contributed by atoms with Crippen LogP contribution in [0.5, 0.6) is 0 Å². The van der Waals surface area contributed by atoms with E-state index in [-0.39, 0.29) is 24.0 Å². The number of guanidine groups is 1. The van der Waals surface area contributed by atoms with E-state index < -0.39 is 0 Å². The fraction of sp³-hybridized carbons (Fsp3) is 0.952. The molecule has 0 amide bonds. The van der Waals surface area contributed by atoms with Crippen molar-refractivity contribution in [2.24, 2.45) is 4.99 Å². The van der Waals surface area contributed by atoms with Crippen LogP contribution < -0.4 is 10.6 Å². The minimum atomic E-state index is 0. The molecule has 0 aromatic rings. The minimum Gasteiger partial charge on any atom is -0.357 e. The summed E-state index contributed by atoms with van der Waals surface area (Å²) in [7, 11) is 0. The monoisotopic (exact) mass is 493 g/mol. The van der Waals surface area contributed by atoms with Crippen molar-refractivity contribution in [2.45, 2.75) is 84.2 Å². The van der Waals surface area contributed by atoms with Crippen LogP contribution in [0.15, 0.2) is 4.99 Å². The molecule has 6 heteroatoms. The molecule has 2 N–H and O–H groups in total. The van der Waals surface area contributed by atoms with Gasteiger partial charge in [0.1, 0.15) is 0 Å². The van der Waals surface area contributed by atoms with Gasteiger partial charge in [0, 0.05) is 38.3 Å². The molecule has 1 atom stereocenters. The fourth-order valence-electron chi connectivity index (χ4n) is 4.24. The first-order chi connectivity index (χ1) is 12.7. The number of unbranched alkanes of at least 4 members (excludes halogenated alkanes) is 1. The van der Waals surface area contributed by atoms with Gasteiger partial charge in [-0.1, -0.05) is 13.3 Å². The number of nitrogens with zero attached hydrogens (tertiary/aromatic N) is 3. The maximum Gasteiger partial charge on any atom is 0.191 e. The highest BCUT2D eigenvalue weighted by atomic mass is 127. The van der Waals surface area contributed by atoms with Crippen molar-refractivity contribution in [1.82, 2.24) is 20.4 Å². The van der Waals surface area contributed by atoms with Crippen LogP contribution in [0.4, 0.5) is 0 Å². The van der Waals surface area contributed by atoms with Crippen molar-refractivity contribution < 1.29 is 0 Å². The Morgan fingerprint density at radius 1 is 1.00 bits per heavy atom. The van der Waals surface area contributed by atoms with Crippen LogP contribution in [0.1, 0.15) is 72.1 Å². The number of nitrogens with one attached hydrogen (secondary N) is 2. The molecule has 2 fully saturated rings. The summed E-state index contributed by atoms with van der Waals surface area (Å²) in [5, 5.41) is 7.10. The van der Waals surface area contributed by atoms with Crippen LogP contribution in [-0.2, 0) is 0 Å². The van der Waals surface area contributed by atoms with Gasteiger partial charge in [-0.25, -0.2) is 0 Å². The molecular weight excluding hydrogens is 449 g/mol. The summed E-state index contributed by atoms with van der Waals surface area (Å²) >= 11 is 0. The Bertz CT molecular complexity index is 396. The molecule has 2 heterocycles. The third-order valence-electron chi connectivity index (χ3n) is 5.88. The molecule has 0 aliphatic carbocycles. The molecule has 2 rings (SSSR count). The van der Waals surface area contributed by atoms with Gasteiger partial charge < -0.3 is 20.4 Å². The highest BCUT2D eigenvalue weighted by Crippen LogP contribution is 2.16. The molecule has 0 bridgehead atoms. The molecule has 0 aromatic carbocycles. The predicted octanol–water partition coefficient (Wildman–Crippen LogP) is 3.69. The summed E-state index contributed by atoms with van der Waals surface area (Å²) in [4.78, 5) is 10.1. The maximum atomic E-state index is 4.83. The van der Waals surface area contributed by atoms with Crippen molar-refractivity contribution in [3.63, 3.8) is 0 Å². The van der Waals surface area contributed by atoms with Gasteiger partial charge in [-0.3, -0.25) is 4.99 Å². The van der Waals surface area contributed by atoms with E-state index in [9.17, 15) is 0 Å². The van der Waals surface area contributed by atoms with E-state index in [4.69, 9.17) is 4.99 Å². The quantitative estimate of drug-likeness (QED) is 0.223. The first-order valence-electron chi connectivity index (χ1n) is 11.2. The number of rotatable bonds is 9.